The van der Waals surface area contributed by atoms with Crippen LogP contribution in [0.5, 0.6) is 0 Å². The van der Waals surface area contributed by atoms with Crippen molar-refractivity contribution in [1.29, 1.82) is 0 Å². The zero-order valence-electron chi connectivity index (χ0n) is 19.9. The summed E-state index contributed by atoms with van der Waals surface area (Å²) >= 11 is 12.5. The van der Waals surface area contributed by atoms with Gasteiger partial charge in [0.2, 0.25) is 21.8 Å². The van der Waals surface area contributed by atoms with Crippen molar-refractivity contribution in [2.24, 2.45) is 0 Å². The summed E-state index contributed by atoms with van der Waals surface area (Å²) in [5.41, 5.74) is 1.72. The first kappa shape index (κ1) is 27.5. The average Bonchev–Trinajstić information content (AvgIpc) is 2.85. The fourth-order valence-corrected chi connectivity index (χ4v) is 5.00. The number of rotatable bonds is 10. The smallest absolute Gasteiger partial charge is 0.244 e. The predicted molar refractivity (Wildman–Crippen MR) is 144 cm³/mol. The second kappa shape index (κ2) is 12.3. The number of halogens is 2. The fraction of sp³-hybridized carbons (Fsp3) is 0.231. The van der Waals surface area contributed by atoms with Gasteiger partial charge in [-0.15, -0.1) is 0 Å². The molecule has 3 aromatic rings. The first-order valence-corrected chi connectivity index (χ1v) is 13.7. The van der Waals surface area contributed by atoms with Crippen LogP contribution >= 0.6 is 23.2 Å². The summed E-state index contributed by atoms with van der Waals surface area (Å²) in [6.07, 6.45) is 1.24. The van der Waals surface area contributed by atoms with Gasteiger partial charge in [0.15, 0.2) is 0 Å². The number of hydrogen-bond donors (Lipinski definition) is 1. The Hall–Kier alpha value is -3.07. The fourth-order valence-electron chi connectivity index (χ4n) is 3.78. The van der Waals surface area contributed by atoms with E-state index in [0.717, 1.165) is 16.1 Å². The highest BCUT2D eigenvalue weighted by molar-refractivity contribution is 7.92. The molecule has 0 aliphatic carbocycles. The molecule has 0 aliphatic heterocycles. The van der Waals surface area contributed by atoms with Gasteiger partial charge in [-0.1, -0.05) is 77.8 Å². The molecule has 2 amide bonds. The van der Waals surface area contributed by atoms with E-state index < -0.39 is 28.5 Å². The maximum absolute atomic E-state index is 13.8. The van der Waals surface area contributed by atoms with Gasteiger partial charge in [0.05, 0.1) is 11.9 Å². The Balaban J connectivity index is 2.04. The molecule has 0 aromatic heterocycles. The first-order valence-electron chi connectivity index (χ1n) is 11.1. The Morgan fingerprint density at radius 1 is 0.944 bits per heavy atom. The molecule has 3 rings (SSSR count). The summed E-state index contributed by atoms with van der Waals surface area (Å²) in [7, 11) is -2.36. The quantitative estimate of drug-likeness (QED) is 0.413. The van der Waals surface area contributed by atoms with Crippen molar-refractivity contribution in [2.75, 3.05) is 24.2 Å². The number of nitrogens with zero attached hydrogens (tertiary/aromatic N) is 2. The Labute approximate surface area is 221 Å². The van der Waals surface area contributed by atoms with Crippen LogP contribution in [0.2, 0.25) is 10.0 Å². The van der Waals surface area contributed by atoms with Crippen LogP contribution in [-0.2, 0) is 32.6 Å². The van der Waals surface area contributed by atoms with Gasteiger partial charge < -0.3 is 10.2 Å². The van der Waals surface area contributed by atoms with Crippen LogP contribution < -0.4 is 9.62 Å². The lowest BCUT2D eigenvalue weighted by molar-refractivity contribution is -0.139. The molecule has 36 heavy (non-hydrogen) atoms. The maximum atomic E-state index is 13.8. The van der Waals surface area contributed by atoms with E-state index in [-0.39, 0.29) is 24.6 Å². The molecule has 7 nitrogen and oxygen atoms in total. The summed E-state index contributed by atoms with van der Waals surface area (Å²) < 4.78 is 26.3. The number of carbonyl (C=O) groups excluding carboxylic acids is 2. The van der Waals surface area contributed by atoms with Gasteiger partial charge in [0.25, 0.3) is 0 Å². The van der Waals surface area contributed by atoms with Gasteiger partial charge in [0, 0.05) is 30.1 Å². The summed E-state index contributed by atoms with van der Waals surface area (Å²) in [5.74, 6) is -0.947. The second-order valence-corrected chi connectivity index (χ2v) is 10.9. The van der Waals surface area contributed by atoms with Crippen LogP contribution in [0.1, 0.15) is 11.1 Å². The molecule has 0 saturated heterocycles. The predicted octanol–water partition coefficient (Wildman–Crippen LogP) is 4.15. The number of benzene rings is 3. The third kappa shape index (κ3) is 7.22. The maximum Gasteiger partial charge on any atom is 0.244 e. The van der Waals surface area contributed by atoms with Crippen molar-refractivity contribution < 1.29 is 18.0 Å². The molecular formula is C26H27Cl2N3O4S. The number of amides is 2. The number of hydrogen-bond acceptors (Lipinski definition) is 4. The molecule has 0 heterocycles. The van der Waals surface area contributed by atoms with E-state index in [2.05, 4.69) is 5.32 Å². The molecule has 0 aliphatic rings. The first-order chi connectivity index (χ1) is 17.1. The molecule has 1 atom stereocenters. The minimum Gasteiger partial charge on any atom is -0.357 e. The van der Waals surface area contributed by atoms with Gasteiger partial charge in [-0.2, -0.15) is 0 Å². The molecule has 3 aromatic carbocycles. The molecular weight excluding hydrogens is 521 g/mol. The van der Waals surface area contributed by atoms with Crippen molar-refractivity contribution in [2.45, 2.75) is 19.0 Å². The highest BCUT2D eigenvalue weighted by Gasteiger charge is 2.33. The lowest BCUT2D eigenvalue weighted by atomic mass is 10.0. The van der Waals surface area contributed by atoms with Gasteiger partial charge in [-0.25, -0.2) is 8.42 Å². The Morgan fingerprint density at radius 3 is 2.22 bits per heavy atom. The molecule has 0 fully saturated rings. The monoisotopic (exact) mass is 547 g/mol. The van der Waals surface area contributed by atoms with E-state index in [4.69, 9.17) is 23.2 Å². The molecule has 0 bridgehead atoms. The molecule has 0 unspecified atom stereocenters. The number of anilines is 1. The highest BCUT2D eigenvalue weighted by Crippen LogP contribution is 2.24. The van der Waals surface area contributed by atoms with E-state index in [1.807, 2.05) is 30.3 Å². The lowest BCUT2D eigenvalue weighted by Crippen LogP contribution is -2.52. The standard InChI is InChI=1S/C26H27Cl2N3O4S/c1-29-26(33)24(15-19-9-4-3-5-10-19)30(17-20-11-6-7-14-23(20)28)25(32)18-31(36(2,34)35)22-13-8-12-21(27)16-22/h3-14,16,24H,15,17-18H2,1-2H3,(H,29,33)/t24-/m0/s1. The normalized spacial score (nSPS) is 12.0. The van der Waals surface area contributed by atoms with E-state index in [1.54, 1.807) is 42.5 Å². The second-order valence-electron chi connectivity index (χ2n) is 8.18. The van der Waals surface area contributed by atoms with Gasteiger partial charge in [0.1, 0.15) is 12.6 Å². The SMILES string of the molecule is CNC(=O)[C@H](Cc1ccccc1)N(Cc1ccccc1Cl)C(=O)CN(c1cccc(Cl)c1)S(C)(=O)=O. The van der Waals surface area contributed by atoms with Gasteiger partial charge in [-0.05, 0) is 35.4 Å². The summed E-state index contributed by atoms with van der Waals surface area (Å²) in [4.78, 5) is 28.2. The number of sulfonamides is 1. The van der Waals surface area contributed by atoms with Crippen LogP contribution in [0, 0.1) is 0 Å². The van der Waals surface area contributed by atoms with Crippen molar-refractivity contribution in [3.8, 4) is 0 Å². The molecule has 0 spiro atoms. The Kier molecular flexibility index (Phi) is 9.37. The van der Waals surface area contributed by atoms with Crippen LogP contribution in [-0.4, -0.2) is 51.0 Å². The summed E-state index contributed by atoms with van der Waals surface area (Å²) in [6.45, 7) is -0.511. The van der Waals surface area contributed by atoms with E-state index in [0.29, 0.717) is 15.6 Å². The lowest BCUT2D eigenvalue weighted by Gasteiger charge is -2.33. The third-order valence-corrected chi connectivity index (χ3v) is 7.34. The van der Waals surface area contributed by atoms with Crippen molar-refractivity contribution in [1.82, 2.24) is 10.2 Å². The van der Waals surface area contributed by atoms with Crippen LogP contribution in [0.3, 0.4) is 0 Å². The van der Waals surface area contributed by atoms with Gasteiger partial charge >= 0.3 is 0 Å². The molecule has 10 heteroatoms. The number of likely N-dealkylation sites (N-methyl/N-ethyl adjacent to an activating group) is 1. The minimum absolute atomic E-state index is 0.0105. The van der Waals surface area contributed by atoms with Crippen LogP contribution in [0.4, 0.5) is 5.69 Å². The minimum atomic E-state index is -3.85. The van der Waals surface area contributed by atoms with E-state index >= 15 is 0 Å². The summed E-state index contributed by atoms with van der Waals surface area (Å²) in [5, 5.41) is 3.39. The number of nitrogens with one attached hydrogen (secondary N) is 1. The third-order valence-electron chi connectivity index (χ3n) is 5.59. The van der Waals surface area contributed by atoms with Crippen molar-refractivity contribution in [3.05, 3.63) is 100 Å². The van der Waals surface area contributed by atoms with E-state index in [1.165, 1.54) is 18.0 Å². The van der Waals surface area contributed by atoms with Crippen LogP contribution in [0.25, 0.3) is 0 Å². The van der Waals surface area contributed by atoms with Crippen LogP contribution in [0.15, 0.2) is 78.9 Å². The molecule has 0 saturated carbocycles. The molecule has 1 N–H and O–H groups in total. The van der Waals surface area contributed by atoms with Crippen molar-refractivity contribution >= 4 is 50.7 Å². The zero-order chi connectivity index (χ0) is 26.3. The molecule has 190 valence electrons. The Bertz CT molecular complexity index is 1320. The zero-order valence-corrected chi connectivity index (χ0v) is 22.2. The molecule has 0 radical (unpaired) electrons. The number of carbonyl (C=O) groups is 2. The van der Waals surface area contributed by atoms with Gasteiger partial charge in [-0.3, -0.25) is 13.9 Å². The highest BCUT2D eigenvalue weighted by atomic mass is 35.5. The van der Waals surface area contributed by atoms with E-state index in [9.17, 15) is 18.0 Å². The average molecular weight is 548 g/mol. The Morgan fingerprint density at radius 2 is 1.61 bits per heavy atom. The van der Waals surface area contributed by atoms with Crippen molar-refractivity contribution in [3.63, 3.8) is 0 Å². The topological polar surface area (TPSA) is 86.8 Å². The summed E-state index contributed by atoms with van der Waals surface area (Å²) in [6, 6.07) is 21.6. The largest absolute Gasteiger partial charge is 0.357 e.